The maximum Gasteiger partial charge on any atom is 0.337 e. The fourth-order valence-electron chi connectivity index (χ4n) is 2.50. The first-order chi connectivity index (χ1) is 13.7. The summed E-state index contributed by atoms with van der Waals surface area (Å²) in [6.45, 7) is -0.411. The summed E-state index contributed by atoms with van der Waals surface area (Å²) in [4.78, 5) is 37.5. The normalized spacial score (nSPS) is 15.1. The van der Waals surface area contributed by atoms with Crippen LogP contribution in [-0.4, -0.2) is 43.8 Å². The Labute approximate surface area is 173 Å². The van der Waals surface area contributed by atoms with Gasteiger partial charge in [-0.2, -0.15) is 0 Å². The molecular weight excluding hydrogens is 419 g/mol. The molecule has 1 aliphatic heterocycles. The minimum Gasteiger partial charge on any atom is -0.508 e. The van der Waals surface area contributed by atoms with Crippen LogP contribution in [0, 0.1) is 5.82 Å². The fraction of sp³-hybridized carbons (Fsp3) is 0.0526. The molecule has 1 aliphatic rings. The standard InChI is InChI=1S/C19H13FN2O5S2/c20-11-3-1-10(2-4-11)7-15-17(25)22(19(28)29-15)9-16(24)21-14-6-5-12(23)8-13(14)18(26)27/h1-8,23H,9H2,(H,21,24)(H,26,27)/b15-7+. The molecule has 0 unspecified atom stereocenters. The van der Waals surface area contributed by atoms with Gasteiger partial charge in [0.2, 0.25) is 5.91 Å². The Bertz CT molecular complexity index is 1050. The van der Waals surface area contributed by atoms with Crippen molar-refractivity contribution in [3.05, 3.63) is 64.3 Å². The highest BCUT2D eigenvalue weighted by atomic mass is 32.2. The molecule has 2 amide bonds. The van der Waals surface area contributed by atoms with Gasteiger partial charge >= 0.3 is 5.97 Å². The molecule has 10 heteroatoms. The number of aromatic carboxylic acids is 1. The number of thioether (sulfide) groups is 1. The molecule has 0 aromatic heterocycles. The second-order valence-corrected chi connectivity index (χ2v) is 7.58. The summed E-state index contributed by atoms with van der Waals surface area (Å²) >= 11 is 6.17. The third-order valence-corrected chi connectivity index (χ3v) is 5.23. The van der Waals surface area contributed by atoms with Crippen LogP contribution in [-0.2, 0) is 9.59 Å². The van der Waals surface area contributed by atoms with E-state index in [1.54, 1.807) is 6.08 Å². The van der Waals surface area contributed by atoms with E-state index in [1.807, 2.05) is 0 Å². The molecule has 0 bridgehead atoms. The van der Waals surface area contributed by atoms with Crippen LogP contribution in [0.5, 0.6) is 5.75 Å². The quantitative estimate of drug-likeness (QED) is 0.379. The van der Waals surface area contributed by atoms with E-state index in [-0.39, 0.29) is 26.2 Å². The Balaban J connectivity index is 1.73. The van der Waals surface area contributed by atoms with Gasteiger partial charge in [-0.15, -0.1) is 0 Å². The Morgan fingerprint density at radius 2 is 1.90 bits per heavy atom. The summed E-state index contributed by atoms with van der Waals surface area (Å²) in [5.41, 5.74) is 0.291. The molecule has 0 saturated carbocycles. The van der Waals surface area contributed by atoms with Gasteiger partial charge in [0.25, 0.3) is 5.91 Å². The van der Waals surface area contributed by atoms with E-state index in [0.717, 1.165) is 22.7 Å². The SMILES string of the molecule is O=C(CN1C(=O)/C(=C\c2ccc(F)cc2)SC1=S)Nc1ccc(O)cc1C(=O)O. The third kappa shape index (κ3) is 4.79. The van der Waals surface area contributed by atoms with Gasteiger partial charge in [0.1, 0.15) is 22.4 Å². The topological polar surface area (TPSA) is 107 Å². The number of nitrogens with one attached hydrogen (secondary N) is 1. The van der Waals surface area contributed by atoms with Crippen molar-refractivity contribution >= 4 is 57.8 Å². The highest BCUT2D eigenvalue weighted by Crippen LogP contribution is 2.32. The summed E-state index contributed by atoms with van der Waals surface area (Å²) in [7, 11) is 0. The van der Waals surface area contributed by atoms with Crippen LogP contribution in [0.1, 0.15) is 15.9 Å². The molecule has 0 atom stereocenters. The van der Waals surface area contributed by atoms with Crippen molar-refractivity contribution in [1.82, 2.24) is 4.90 Å². The number of phenolic OH excluding ortho intramolecular Hbond substituents is 1. The summed E-state index contributed by atoms with van der Waals surface area (Å²) in [6, 6.07) is 9.01. The van der Waals surface area contributed by atoms with Crippen LogP contribution in [0.4, 0.5) is 10.1 Å². The number of rotatable bonds is 5. The number of hydrogen-bond donors (Lipinski definition) is 3. The van der Waals surface area contributed by atoms with Crippen LogP contribution >= 0.6 is 24.0 Å². The maximum absolute atomic E-state index is 13.0. The van der Waals surface area contributed by atoms with Crippen LogP contribution in [0.2, 0.25) is 0 Å². The predicted octanol–water partition coefficient (Wildman–Crippen LogP) is 3.07. The zero-order chi connectivity index (χ0) is 21.1. The van der Waals surface area contributed by atoms with Crippen molar-refractivity contribution < 1.29 is 29.0 Å². The van der Waals surface area contributed by atoms with Crippen molar-refractivity contribution in [3.63, 3.8) is 0 Å². The molecule has 1 heterocycles. The first kappa shape index (κ1) is 20.5. The lowest BCUT2D eigenvalue weighted by molar-refractivity contribution is -0.126. The lowest BCUT2D eigenvalue weighted by Crippen LogP contribution is -2.36. The lowest BCUT2D eigenvalue weighted by Gasteiger charge is -2.15. The minimum atomic E-state index is -1.33. The van der Waals surface area contributed by atoms with Gasteiger partial charge < -0.3 is 15.5 Å². The predicted molar refractivity (Wildman–Crippen MR) is 110 cm³/mol. The van der Waals surface area contributed by atoms with Gasteiger partial charge in [-0.25, -0.2) is 9.18 Å². The molecule has 29 heavy (non-hydrogen) atoms. The lowest BCUT2D eigenvalue weighted by atomic mass is 10.1. The molecule has 1 saturated heterocycles. The van der Waals surface area contributed by atoms with Gasteiger partial charge in [-0.1, -0.05) is 36.1 Å². The number of aromatic hydroxyl groups is 1. The molecule has 1 fully saturated rings. The van der Waals surface area contributed by atoms with Gasteiger partial charge in [0.05, 0.1) is 16.2 Å². The van der Waals surface area contributed by atoms with Crippen molar-refractivity contribution in [3.8, 4) is 5.75 Å². The third-order valence-electron chi connectivity index (χ3n) is 3.85. The van der Waals surface area contributed by atoms with Crippen LogP contribution in [0.15, 0.2) is 47.4 Å². The number of carboxylic acids is 1. The van der Waals surface area contributed by atoms with E-state index < -0.39 is 30.1 Å². The number of carbonyl (C=O) groups excluding carboxylic acids is 2. The smallest absolute Gasteiger partial charge is 0.337 e. The molecule has 2 aromatic carbocycles. The zero-order valence-electron chi connectivity index (χ0n) is 14.6. The van der Waals surface area contributed by atoms with Gasteiger partial charge in [0, 0.05) is 0 Å². The van der Waals surface area contributed by atoms with Crippen molar-refractivity contribution in [2.75, 3.05) is 11.9 Å². The molecule has 148 valence electrons. The summed E-state index contributed by atoms with van der Waals surface area (Å²) in [6.07, 6.45) is 1.54. The van der Waals surface area contributed by atoms with Crippen LogP contribution in [0.3, 0.4) is 0 Å². The second-order valence-electron chi connectivity index (χ2n) is 5.90. The summed E-state index contributed by atoms with van der Waals surface area (Å²) < 4.78 is 13.2. The average molecular weight is 432 g/mol. The molecule has 0 radical (unpaired) electrons. The number of hydrogen-bond acceptors (Lipinski definition) is 6. The second kappa shape index (κ2) is 8.41. The maximum atomic E-state index is 13.0. The number of nitrogens with zero attached hydrogens (tertiary/aromatic N) is 1. The van der Waals surface area contributed by atoms with E-state index in [1.165, 1.54) is 36.4 Å². The molecule has 2 aromatic rings. The molecular formula is C19H13FN2O5S2. The molecule has 7 nitrogen and oxygen atoms in total. The first-order valence-corrected chi connectivity index (χ1v) is 9.34. The largest absolute Gasteiger partial charge is 0.508 e. The van der Waals surface area contributed by atoms with E-state index >= 15 is 0 Å². The molecule has 0 spiro atoms. The number of amides is 2. The molecule has 3 rings (SSSR count). The molecule has 0 aliphatic carbocycles. The zero-order valence-corrected chi connectivity index (χ0v) is 16.2. The van der Waals surface area contributed by atoms with Gasteiger partial charge in [-0.05, 0) is 42.0 Å². The Morgan fingerprint density at radius 3 is 2.55 bits per heavy atom. The number of carbonyl (C=O) groups is 3. The highest BCUT2D eigenvalue weighted by molar-refractivity contribution is 8.26. The Morgan fingerprint density at radius 1 is 1.21 bits per heavy atom. The van der Waals surface area contributed by atoms with Crippen molar-refractivity contribution in [2.24, 2.45) is 0 Å². The molecule has 3 N–H and O–H groups in total. The van der Waals surface area contributed by atoms with Crippen LogP contribution in [0.25, 0.3) is 6.08 Å². The highest BCUT2D eigenvalue weighted by Gasteiger charge is 2.33. The Kier molecular flexibility index (Phi) is 5.95. The van der Waals surface area contributed by atoms with E-state index in [4.69, 9.17) is 12.2 Å². The minimum absolute atomic E-state index is 0.0207. The average Bonchev–Trinajstić information content (AvgIpc) is 2.92. The van der Waals surface area contributed by atoms with Crippen LogP contribution < -0.4 is 5.32 Å². The van der Waals surface area contributed by atoms with Gasteiger partial charge in [-0.3, -0.25) is 14.5 Å². The summed E-state index contributed by atoms with van der Waals surface area (Å²) in [5.74, 6) is -3.13. The van der Waals surface area contributed by atoms with E-state index in [2.05, 4.69) is 5.32 Å². The van der Waals surface area contributed by atoms with Gasteiger partial charge in [0.15, 0.2) is 0 Å². The first-order valence-electron chi connectivity index (χ1n) is 8.11. The van der Waals surface area contributed by atoms with Crippen molar-refractivity contribution in [1.29, 1.82) is 0 Å². The van der Waals surface area contributed by atoms with E-state index in [9.17, 15) is 29.0 Å². The monoisotopic (exact) mass is 432 g/mol. The van der Waals surface area contributed by atoms with E-state index in [0.29, 0.717) is 5.56 Å². The fourth-order valence-corrected chi connectivity index (χ4v) is 3.75. The summed E-state index contributed by atoms with van der Waals surface area (Å²) in [5, 5.41) is 21.0. The Hall–Kier alpha value is -3.24. The number of carboxylic acid groups (broad SMARTS) is 1. The number of benzene rings is 2. The van der Waals surface area contributed by atoms with Crippen molar-refractivity contribution in [2.45, 2.75) is 0 Å². The number of thiocarbonyl (C=S) groups is 1. The number of anilines is 1. The number of phenols is 1. The number of halogens is 1.